The molecule has 4 heteroatoms. The minimum absolute atomic E-state index is 0.0271. The van der Waals surface area contributed by atoms with E-state index in [0.29, 0.717) is 11.6 Å². The molecule has 1 unspecified atom stereocenters. The fourth-order valence-electron chi connectivity index (χ4n) is 2.06. The van der Waals surface area contributed by atoms with Crippen molar-refractivity contribution in [2.75, 3.05) is 13.1 Å². The maximum absolute atomic E-state index is 11.1. The molecule has 1 aliphatic heterocycles. The molecule has 2 N–H and O–H groups in total. The predicted molar refractivity (Wildman–Crippen MR) is 57.9 cm³/mol. The summed E-state index contributed by atoms with van der Waals surface area (Å²) in [7, 11) is 0. The number of ketones is 1. The summed E-state index contributed by atoms with van der Waals surface area (Å²) < 4.78 is 0. The zero-order valence-corrected chi connectivity index (χ0v) is 9.05. The van der Waals surface area contributed by atoms with Crippen LogP contribution in [0.2, 0.25) is 0 Å². The Kier molecular flexibility index (Phi) is 3.16. The number of carbonyl (C=O) groups is 1. The topological polar surface area (TPSA) is 57.8 Å². The first-order valence-electron chi connectivity index (χ1n) is 5.51. The third-order valence-electron chi connectivity index (χ3n) is 2.90. The van der Waals surface area contributed by atoms with Crippen molar-refractivity contribution in [3.8, 4) is 0 Å². The summed E-state index contributed by atoms with van der Waals surface area (Å²) in [5.74, 6) is 0.707. The molecule has 15 heavy (non-hydrogen) atoms. The van der Waals surface area contributed by atoms with Crippen molar-refractivity contribution in [3.05, 3.63) is 17.5 Å². The van der Waals surface area contributed by atoms with Crippen molar-refractivity contribution in [2.45, 2.75) is 26.2 Å². The second-order valence-corrected chi connectivity index (χ2v) is 4.25. The van der Waals surface area contributed by atoms with Gasteiger partial charge >= 0.3 is 0 Å². The number of H-pyrrole nitrogens is 1. The number of rotatable bonds is 3. The van der Waals surface area contributed by atoms with Gasteiger partial charge in [-0.3, -0.25) is 9.89 Å². The highest BCUT2D eigenvalue weighted by Gasteiger charge is 2.15. The van der Waals surface area contributed by atoms with E-state index in [1.807, 2.05) is 6.07 Å². The lowest BCUT2D eigenvalue weighted by atomic mass is 9.95. The molecule has 1 aliphatic rings. The molecule has 1 saturated heterocycles. The zero-order chi connectivity index (χ0) is 10.7. The molecule has 1 atom stereocenters. The average Bonchev–Trinajstić information content (AvgIpc) is 2.68. The van der Waals surface area contributed by atoms with Crippen LogP contribution in [0.1, 0.15) is 35.9 Å². The Morgan fingerprint density at radius 3 is 3.13 bits per heavy atom. The van der Waals surface area contributed by atoms with Gasteiger partial charge in [-0.2, -0.15) is 5.10 Å². The van der Waals surface area contributed by atoms with E-state index in [1.54, 1.807) is 6.92 Å². The first kappa shape index (κ1) is 10.4. The van der Waals surface area contributed by atoms with E-state index in [0.717, 1.165) is 25.2 Å². The van der Waals surface area contributed by atoms with Crippen LogP contribution in [0.3, 0.4) is 0 Å². The van der Waals surface area contributed by atoms with Crippen LogP contribution in [-0.2, 0) is 6.42 Å². The van der Waals surface area contributed by atoms with Crippen LogP contribution in [-0.4, -0.2) is 29.1 Å². The highest BCUT2D eigenvalue weighted by Crippen LogP contribution is 2.15. The van der Waals surface area contributed by atoms with E-state index >= 15 is 0 Å². The van der Waals surface area contributed by atoms with Gasteiger partial charge in [0.25, 0.3) is 0 Å². The summed E-state index contributed by atoms with van der Waals surface area (Å²) in [4.78, 5) is 11.1. The van der Waals surface area contributed by atoms with E-state index in [1.165, 1.54) is 12.8 Å². The van der Waals surface area contributed by atoms with E-state index < -0.39 is 0 Å². The molecule has 1 aromatic rings. The van der Waals surface area contributed by atoms with Gasteiger partial charge < -0.3 is 5.32 Å². The molecule has 0 amide bonds. The average molecular weight is 207 g/mol. The number of aromatic amines is 1. The standard InChI is InChI=1S/C11H17N3O/c1-8(15)11-6-10(13-14-11)5-9-3-2-4-12-7-9/h6,9,12H,2-5,7H2,1H3,(H,13,14). The van der Waals surface area contributed by atoms with Gasteiger partial charge in [-0.25, -0.2) is 0 Å². The Bertz CT molecular complexity index is 339. The number of carbonyl (C=O) groups excluding carboxylic acids is 1. The molecule has 2 rings (SSSR count). The number of aromatic nitrogens is 2. The summed E-state index contributed by atoms with van der Waals surface area (Å²) in [5, 5.41) is 10.3. The maximum Gasteiger partial charge on any atom is 0.179 e. The summed E-state index contributed by atoms with van der Waals surface area (Å²) >= 11 is 0. The smallest absolute Gasteiger partial charge is 0.179 e. The van der Waals surface area contributed by atoms with Gasteiger partial charge in [0.15, 0.2) is 5.78 Å². The predicted octanol–water partition coefficient (Wildman–Crippen LogP) is 1.15. The second-order valence-electron chi connectivity index (χ2n) is 4.25. The lowest BCUT2D eigenvalue weighted by Crippen LogP contribution is -2.30. The molecule has 0 bridgehead atoms. The first-order chi connectivity index (χ1) is 7.25. The van der Waals surface area contributed by atoms with E-state index in [9.17, 15) is 4.79 Å². The quantitative estimate of drug-likeness (QED) is 0.731. The van der Waals surface area contributed by atoms with Crippen molar-refractivity contribution in [3.63, 3.8) is 0 Å². The molecule has 0 saturated carbocycles. The number of nitrogens with one attached hydrogen (secondary N) is 2. The SMILES string of the molecule is CC(=O)c1cc(CC2CCCNC2)[nH]n1. The van der Waals surface area contributed by atoms with Gasteiger partial charge in [0.1, 0.15) is 5.69 Å². The normalized spacial score (nSPS) is 21.5. The molecule has 4 nitrogen and oxygen atoms in total. The number of piperidine rings is 1. The second kappa shape index (κ2) is 4.57. The lowest BCUT2D eigenvalue weighted by Gasteiger charge is -2.21. The molecule has 0 radical (unpaired) electrons. The van der Waals surface area contributed by atoms with Crippen LogP contribution in [0.4, 0.5) is 0 Å². The van der Waals surface area contributed by atoms with E-state index in [-0.39, 0.29) is 5.78 Å². The minimum atomic E-state index is 0.0271. The van der Waals surface area contributed by atoms with Crippen molar-refractivity contribution in [2.24, 2.45) is 5.92 Å². The molecular weight excluding hydrogens is 190 g/mol. The fraction of sp³-hybridized carbons (Fsp3) is 0.636. The van der Waals surface area contributed by atoms with Crippen molar-refractivity contribution in [1.29, 1.82) is 0 Å². The number of nitrogens with zero attached hydrogens (tertiary/aromatic N) is 1. The van der Waals surface area contributed by atoms with Crippen LogP contribution in [0.25, 0.3) is 0 Å². The van der Waals surface area contributed by atoms with Crippen LogP contribution in [0, 0.1) is 5.92 Å². The van der Waals surface area contributed by atoms with Crippen molar-refractivity contribution >= 4 is 5.78 Å². The van der Waals surface area contributed by atoms with Gasteiger partial charge in [-0.1, -0.05) is 0 Å². The van der Waals surface area contributed by atoms with Crippen LogP contribution in [0.15, 0.2) is 6.07 Å². The number of hydrogen-bond donors (Lipinski definition) is 2. The molecular formula is C11H17N3O. The summed E-state index contributed by atoms with van der Waals surface area (Å²) in [5.41, 5.74) is 1.63. The van der Waals surface area contributed by atoms with E-state index in [4.69, 9.17) is 0 Å². The van der Waals surface area contributed by atoms with Crippen molar-refractivity contribution < 1.29 is 4.79 Å². The number of Topliss-reactive ketones (excluding diaryl/α,β-unsaturated/α-hetero) is 1. The third-order valence-corrected chi connectivity index (χ3v) is 2.90. The molecule has 0 aromatic carbocycles. The molecule has 1 aromatic heterocycles. The maximum atomic E-state index is 11.1. The van der Waals surface area contributed by atoms with Gasteiger partial charge in [-0.05, 0) is 44.3 Å². The third kappa shape index (κ3) is 2.65. The highest BCUT2D eigenvalue weighted by atomic mass is 16.1. The minimum Gasteiger partial charge on any atom is -0.316 e. The molecule has 2 heterocycles. The Balaban J connectivity index is 1.94. The Hall–Kier alpha value is -1.16. The molecule has 0 aliphatic carbocycles. The monoisotopic (exact) mass is 207 g/mol. The number of hydrogen-bond acceptors (Lipinski definition) is 3. The summed E-state index contributed by atoms with van der Waals surface area (Å²) in [6.07, 6.45) is 3.51. The van der Waals surface area contributed by atoms with Gasteiger partial charge in [0.05, 0.1) is 0 Å². The van der Waals surface area contributed by atoms with Crippen LogP contribution >= 0.6 is 0 Å². The first-order valence-corrected chi connectivity index (χ1v) is 5.51. The van der Waals surface area contributed by atoms with E-state index in [2.05, 4.69) is 15.5 Å². The van der Waals surface area contributed by atoms with Gasteiger partial charge in [-0.15, -0.1) is 0 Å². The lowest BCUT2D eigenvalue weighted by molar-refractivity contribution is 0.101. The van der Waals surface area contributed by atoms with Crippen LogP contribution in [0.5, 0.6) is 0 Å². The summed E-state index contributed by atoms with van der Waals surface area (Å²) in [6, 6.07) is 1.87. The largest absolute Gasteiger partial charge is 0.316 e. The Morgan fingerprint density at radius 1 is 1.67 bits per heavy atom. The van der Waals surface area contributed by atoms with Gasteiger partial charge in [0.2, 0.25) is 0 Å². The zero-order valence-electron chi connectivity index (χ0n) is 9.05. The molecule has 0 spiro atoms. The van der Waals surface area contributed by atoms with Crippen LogP contribution < -0.4 is 5.32 Å². The Labute approximate surface area is 89.5 Å². The molecule has 82 valence electrons. The fourth-order valence-corrected chi connectivity index (χ4v) is 2.06. The highest BCUT2D eigenvalue weighted by molar-refractivity contribution is 5.92. The Morgan fingerprint density at radius 2 is 2.53 bits per heavy atom. The van der Waals surface area contributed by atoms with Gasteiger partial charge in [0, 0.05) is 12.6 Å². The summed E-state index contributed by atoms with van der Waals surface area (Å²) in [6.45, 7) is 3.76. The van der Waals surface area contributed by atoms with Crippen molar-refractivity contribution in [1.82, 2.24) is 15.5 Å². The molecule has 1 fully saturated rings.